The van der Waals surface area contributed by atoms with Gasteiger partial charge in [-0.25, -0.2) is 14.6 Å². The molecule has 4 heterocycles. The normalized spacial score (nSPS) is 15.0. The summed E-state index contributed by atoms with van der Waals surface area (Å²) in [5.74, 6) is 0.836. The Balaban J connectivity index is 1.45. The quantitative estimate of drug-likeness (QED) is 0.689. The fourth-order valence-corrected chi connectivity index (χ4v) is 3.03. The predicted molar refractivity (Wildman–Crippen MR) is 93.7 cm³/mol. The van der Waals surface area contributed by atoms with Gasteiger partial charge in [0.15, 0.2) is 5.65 Å². The largest absolute Gasteiger partial charge is 0.353 e. The van der Waals surface area contributed by atoms with Gasteiger partial charge in [0.1, 0.15) is 11.3 Å². The smallest absolute Gasteiger partial charge is 0.255 e. The van der Waals surface area contributed by atoms with Gasteiger partial charge in [-0.3, -0.25) is 4.79 Å². The van der Waals surface area contributed by atoms with Crippen LogP contribution in [0, 0.1) is 0 Å². The van der Waals surface area contributed by atoms with Gasteiger partial charge in [0.05, 0.1) is 10.6 Å². The molecule has 3 aromatic rings. The molecule has 0 saturated carbocycles. The van der Waals surface area contributed by atoms with Crippen molar-refractivity contribution in [2.45, 2.75) is 0 Å². The molecule has 4 rings (SSSR count). The molecule has 9 heteroatoms. The fourth-order valence-electron chi connectivity index (χ4n) is 2.92. The lowest BCUT2D eigenvalue weighted by atomic mass is 10.2. The zero-order valence-corrected chi connectivity index (χ0v) is 14.4. The molecule has 0 radical (unpaired) electrons. The number of nitrogens with zero attached hydrogens (tertiary/aromatic N) is 7. The SMILES string of the molecule is Cn1nnc2cc(C(=O)N3CCN(c4ccc(Cl)cn4)CC3)cnc21. The third kappa shape index (κ3) is 3.00. The summed E-state index contributed by atoms with van der Waals surface area (Å²) >= 11 is 5.88. The van der Waals surface area contributed by atoms with Crippen molar-refractivity contribution < 1.29 is 4.79 Å². The number of aryl methyl sites for hydroxylation is 1. The number of rotatable bonds is 2. The van der Waals surface area contributed by atoms with E-state index in [1.165, 1.54) is 0 Å². The molecule has 128 valence electrons. The average molecular weight is 358 g/mol. The van der Waals surface area contributed by atoms with Crippen LogP contribution in [-0.4, -0.2) is 61.9 Å². The minimum Gasteiger partial charge on any atom is -0.353 e. The Labute approximate surface area is 149 Å². The Bertz CT molecular complexity index is 916. The van der Waals surface area contributed by atoms with E-state index in [1.54, 1.807) is 30.2 Å². The number of piperazine rings is 1. The second-order valence-electron chi connectivity index (χ2n) is 5.89. The number of anilines is 1. The lowest BCUT2D eigenvalue weighted by Gasteiger charge is -2.35. The van der Waals surface area contributed by atoms with Crippen molar-refractivity contribution in [2.24, 2.45) is 7.05 Å². The highest BCUT2D eigenvalue weighted by molar-refractivity contribution is 6.30. The van der Waals surface area contributed by atoms with Crippen LogP contribution in [0.4, 0.5) is 5.82 Å². The lowest BCUT2D eigenvalue weighted by molar-refractivity contribution is 0.0746. The molecule has 0 spiro atoms. The number of pyridine rings is 2. The average Bonchev–Trinajstić information content (AvgIpc) is 3.02. The third-order valence-electron chi connectivity index (χ3n) is 4.29. The van der Waals surface area contributed by atoms with Crippen LogP contribution in [-0.2, 0) is 7.05 Å². The van der Waals surface area contributed by atoms with E-state index in [0.717, 1.165) is 18.9 Å². The summed E-state index contributed by atoms with van der Waals surface area (Å²) in [5, 5.41) is 8.55. The maximum absolute atomic E-state index is 12.7. The van der Waals surface area contributed by atoms with Crippen LogP contribution >= 0.6 is 11.6 Å². The first-order valence-corrected chi connectivity index (χ1v) is 8.31. The highest BCUT2D eigenvalue weighted by Gasteiger charge is 2.23. The number of carbonyl (C=O) groups is 1. The highest BCUT2D eigenvalue weighted by Crippen LogP contribution is 2.18. The second kappa shape index (κ2) is 6.29. The van der Waals surface area contributed by atoms with Crippen LogP contribution < -0.4 is 4.90 Å². The molecular weight excluding hydrogens is 342 g/mol. The van der Waals surface area contributed by atoms with Gasteiger partial charge < -0.3 is 9.80 Å². The van der Waals surface area contributed by atoms with E-state index >= 15 is 0 Å². The Kier molecular flexibility index (Phi) is 3.96. The molecule has 25 heavy (non-hydrogen) atoms. The van der Waals surface area contributed by atoms with Crippen LogP contribution in [0.2, 0.25) is 5.02 Å². The second-order valence-corrected chi connectivity index (χ2v) is 6.33. The monoisotopic (exact) mass is 357 g/mol. The molecule has 0 N–H and O–H groups in total. The van der Waals surface area contributed by atoms with Gasteiger partial charge in [-0.05, 0) is 18.2 Å². The molecule has 1 aliphatic heterocycles. The Morgan fingerprint density at radius 3 is 2.64 bits per heavy atom. The van der Waals surface area contributed by atoms with E-state index in [-0.39, 0.29) is 5.91 Å². The summed E-state index contributed by atoms with van der Waals surface area (Å²) in [5.41, 5.74) is 1.82. The number of aromatic nitrogens is 5. The molecule has 0 aromatic carbocycles. The number of carbonyl (C=O) groups excluding carboxylic acids is 1. The minimum atomic E-state index is -0.0382. The first-order chi connectivity index (χ1) is 12.1. The molecule has 0 atom stereocenters. The summed E-state index contributed by atoms with van der Waals surface area (Å²) in [6, 6.07) is 5.46. The van der Waals surface area contributed by atoms with Gasteiger partial charge in [-0.1, -0.05) is 16.8 Å². The van der Waals surface area contributed by atoms with E-state index in [4.69, 9.17) is 11.6 Å². The lowest BCUT2D eigenvalue weighted by Crippen LogP contribution is -2.49. The Hall–Kier alpha value is -2.74. The first kappa shape index (κ1) is 15.8. The Morgan fingerprint density at radius 2 is 1.92 bits per heavy atom. The molecule has 1 amide bonds. The summed E-state index contributed by atoms with van der Waals surface area (Å²) in [6.07, 6.45) is 3.22. The molecule has 1 fully saturated rings. The first-order valence-electron chi connectivity index (χ1n) is 7.93. The number of hydrogen-bond donors (Lipinski definition) is 0. The van der Waals surface area contributed by atoms with Gasteiger partial charge in [0, 0.05) is 45.6 Å². The zero-order valence-electron chi connectivity index (χ0n) is 13.6. The molecule has 3 aromatic heterocycles. The molecule has 0 aliphatic carbocycles. The Morgan fingerprint density at radius 1 is 1.12 bits per heavy atom. The highest BCUT2D eigenvalue weighted by atomic mass is 35.5. The van der Waals surface area contributed by atoms with Crippen molar-refractivity contribution in [2.75, 3.05) is 31.1 Å². The minimum absolute atomic E-state index is 0.0382. The van der Waals surface area contributed by atoms with Crippen molar-refractivity contribution in [1.29, 1.82) is 0 Å². The van der Waals surface area contributed by atoms with Gasteiger partial charge in [0.25, 0.3) is 5.91 Å². The maximum atomic E-state index is 12.7. The zero-order chi connectivity index (χ0) is 17.4. The van der Waals surface area contributed by atoms with Crippen molar-refractivity contribution in [3.63, 3.8) is 0 Å². The topological polar surface area (TPSA) is 80.0 Å². The van der Waals surface area contributed by atoms with Crippen molar-refractivity contribution in [1.82, 2.24) is 29.9 Å². The molecular formula is C16H16ClN7O. The van der Waals surface area contributed by atoms with E-state index in [9.17, 15) is 4.79 Å². The summed E-state index contributed by atoms with van der Waals surface area (Å²) in [7, 11) is 1.77. The van der Waals surface area contributed by atoms with E-state index in [0.29, 0.717) is 34.8 Å². The van der Waals surface area contributed by atoms with Gasteiger partial charge in [0.2, 0.25) is 0 Å². The summed E-state index contributed by atoms with van der Waals surface area (Å²) in [6.45, 7) is 2.70. The standard InChI is InChI=1S/C16H16ClN7O/c1-22-15-13(20-21-22)8-11(9-19-15)16(25)24-6-4-23(5-7-24)14-3-2-12(17)10-18-14/h2-3,8-10H,4-7H2,1H3. The number of fused-ring (bicyclic) bond motifs is 1. The van der Waals surface area contributed by atoms with Crippen molar-refractivity contribution in [3.8, 4) is 0 Å². The van der Waals surface area contributed by atoms with E-state index in [1.807, 2.05) is 17.0 Å². The van der Waals surface area contributed by atoms with E-state index < -0.39 is 0 Å². The number of amides is 1. The number of hydrogen-bond acceptors (Lipinski definition) is 6. The van der Waals surface area contributed by atoms with Crippen LogP contribution in [0.3, 0.4) is 0 Å². The molecule has 0 bridgehead atoms. The molecule has 8 nitrogen and oxygen atoms in total. The summed E-state index contributed by atoms with van der Waals surface area (Å²) in [4.78, 5) is 25.3. The fraction of sp³-hybridized carbons (Fsp3) is 0.312. The molecule has 1 saturated heterocycles. The van der Waals surface area contributed by atoms with Crippen LogP contribution in [0.1, 0.15) is 10.4 Å². The van der Waals surface area contributed by atoms with Crippen LogP contribution in [0.5, 0.6) is 0 Å². The third-order valence-corrected chi connectivity index (χ3v) is 4.51. The van der Waals surface area contributed by atoms with Crippen molar-refractivity contribution in [3.05, 3.63) is 41.2 Å². The predicted octanol–water partition coefficient (Wildman–Crippen LogP) is 1.37. The molecule has 0 unspecified atom stereocenters. The van der Waals surface area contributed by atoms with Crippen molar-refractivity contribution >= 4 is 34.5 Å². The molecule has 1 aliphatic rings. The van der Waals surface area contributed by atoms with Crippen LogP contribution in [0.25, 0.3) is 11.2 Å². The van der Waals surface area contributed by atoms with Crippen LogP contribution in [0.15, 0.2) is 30.6 Å². The summed E-state index contributed by atoms with van der Waals surface area (Å²) < 4.78 is 1.58. The van der Waals surface area contributed by atoms with Gasteiger partial charge >= 0.3 is 0 Å². The maximum Gasteiger partial charge on any atom is 0.255 e. The van der Waals surface area contributed by atoms with E-state index in [2.05, 4.69) is 25.2 Å². The van der Waals surface area contributed by atoms with Gasteiger partial charge in [-0.15, -0.1) is 5.10 Å². The van der Waals surface area contributed by atoms with Gasteiger partial charge in [-0.2, -0.15) is 0 Å². The number of halogens is 1.